The molecular weight excluding hydrogens is 725 g/mol. The second kappa shape index (κ2) is 13.3. The summed E-state index contributed by atoms with van der Waals surface area (Å²) >= 11 is 0. The number of hydrogen-bond acceptors (Lipinski definition) is 2. The minimum Gasteiger partial charge on any atom is -0.310 e. The molecule has 2 heteroatoms. The Morgan fingerprint density at radius 3 is 1.52 bits per heavy atom. The number of rotatable bonds is 6. The number of fused-ring (bicyclic) bond motifs is 3. The van der Waals surface area contributed by atoms with Gasteiger partial charge in [-0.3, -0.25) is 0 Å². The summed E-state index contributed by atoms with van der Waals surface area (Å²) in [7, 11) is 0. The van der Waals surface area contributed by atoms with Gasteiger partial charge in [0.15, 0.2) is 0 Å². The van der Waals surface area contributed by atoms with E-state index in [0.29, 0.717) is 11.8 Å². The molecule has 0 atom stereocenters. The first kappa shape index (κ1) is 35.6. The molecule has 60 heavy (non-hydrogen) atoms. The lowest BCUT2D eigenvalue weighted by Crippen LogP contribution is -2.55. The molecule has 292 valence electrons. The van der Waals surface area contributed by atoms with Crippen LogP contribution in [0, 0.1) is 30.6 Å². The minimum absolute atomic E-state index is 0. The van der Waals surface area contributed by atoms with E-state index in [1.807, 2.05) is 0 Å². The average molecular weight is 775 g/mol. The van der Waals surface area contributed by atoms with Crippen LogP contribution in [0.2, 0.25) is 0 Å². The van der Waals surface area contributed by atoms with Crippen LogP contribution in [0.5, 0.6) is 0 Å². The van der Waals surface area contributed by atoms with E-state index in [9.17, 15) is 0 Å². The standard InChI is InChI=1S/C57H46N2.CH4/c1-36-19-25-45(26-20-36)59(53-18-10-16-47-46-15-8-9-17-50(46)57(56(47)53)41-32-37-31-38(34-41)35-42(57)33-37)52-30-24-40-21-27-48-51(29-23-39-22-28-49(52)55(40)54(39)48)58(43-11-4-2-5-12-43)44-13-6-3-7-14-44;/h2-30,37-38,41-42H,31-35H2,1H3;1H4. The topological polar surface area (TPSA) is 6.48 Å². The summed E-state index contributed by atoms with van der Waals surface area (Å²) in [6.07, 6.45) is 6.91. The largest absolute Gasteiger partial charge is 0.310 e. The molecule has 14 rings (SSSR count). The first-order valence-electron chi connectivity index (χ1n) is 21.9. The highest BCUT2D eigenvalue weighted by molar-refractivity contribution is 6.28. The van der Waals surface area contributed by atoms with E-state index in [1.165, 1.54) is 104 Å². The Bertz CT molecular complexity index is 3010. The fourth-order valence-corrected chi connectivity index (χ4v) is 13.2. The van der Waals surface area contributed by atoms with E-state index in [4.69, 9.17) is 0 Å². The third kappa shape index (κ3) is 4.88. The average Bonchev–Trinajstić information content (AvgIpc) is 3.58. The number of benzene rings is 9. The van der Waals surface area contributed by atoms with E-state index in [-0.39, 0.29) is 12.8 Å². The van der Waals surface area contributed by atoms with Crippen LogP contribution < -0.4 is 9.80 Å². The SMILES string of the molecule is C.Cc1ccc(N(c2cccc3c2C2(c4ccccc4-3)C3CC4CC(C3)CC2C4)c2ccc3ccc4c(N(c5ccccc5)c5ccccc5)ccc5ccc2c3c54)cc1. The minimum atomic E-state index is 0. The molecule has 0 saturated heterocycles. The summed E-state index contributed by atoms with van der Waals surface area (Å²) in [5.41, 5.74) is 14.7. The summed E-state index contributed by atoms with van der Waals surface area (Å²) in [4.78, 5) is 5.07. The van der Waals surface area contributed by atoms with Gasteiger partial charge >= 0.3 is 0 Å². The number of para-hydroxylation sites is 2. The van der Waals surface area contributed by atoms with E-state index < -0.39 is 0 Å². The molecule has 4 fully saturated rings. The maximum Gasteiger partial charge on any atom is 0.0540 e. The molecule has 1 spiro atoms. The quantitative estimate of drug-likeness (QED) is 0.155. The second-order valence-electron chi connectivity index (χ2n) is 18.2. The van der Waals surface area contributed by atoms with Crippen molar-refractivity contribution >= 4 is 66.4 Å². The lowest BCUT2D eigenvalue weighted by molar-refractivity contribution is -0.0397. The van der Waals surface area contributed by atoms with Gasteiger partial charge in [0.2, 0.25) is 0 Å². The maximum absolute atomic E-state index is 2.66. The van der Waals surface area contributed by atoms with Gasteiger partial charge in [-0.25, -0.2) is 0 Å². The predicted molar refractivity (Wildman–Crippen MR) is 254 cm³/mol. The summed E-state index contributed by atoms with van der Waals surface area (Å²) in [5, 5.41) is 7.75. The Hall–Kier alpha value is -6.38. The zero-order chi connectivity index (χ0) is 38.8. The maximum atomic E-state index is 2.66. The molecule has 9 aromatic rings. The molecule has 5 aliphatic rings. The smallest absolute Gasteiger partial charge is 0.0540 e. The van der Waals surface area contributed by atoms with Crippen molar-refractivity contribution in [2.45, 2.75) is 51.9 Å². The highest BCUT2D eigenvalue weighted by atomic mass is 15.2. The van der Waals surface area contributed by atoms with Crippen LogP contribution in [0.25, 0.3) is 43.4 Å². The molecule has 2 nitrogen and oxygen atoms in total. The number of nitrogens with zero attached hydrogens (tertiary/aromatic N) is 2. The Kier molecular flexibility index (Phi) is 7.89. The van der Waals surface area contributed by atoms with Crippen molar-refractivity contribution in [2.24, 2.45) is 23.7 Å². The van der Waals surface area contributed by atoms with Crippen molar-refractivity contribution in [2.75, 3.05) is 9.80 Å². The lowest BCUT2D eigenvalue weighted by atomic mass is 9.43. The molecule has 0 radical (unpaired) electrons. The van der Waals surface area contributed by atoms with Gasteiger partial charge in [0.1, 0.15) is 0 Å². The molecule has 4 bridgehead atoms. The van der Waals surface area contributed by atoms with Crippen molar-refractivity contribution in [3.05, 3.63) is 193 Å². The van der Waals surface area contributed by atoms with Crippen molar-refractivity contribution in [1.82, 2.24) is 0 Å². The zero-order valence-electron chi connectivity index (χ0n) is 33.5. The molecule has 0 unspecified atom stereocenters. The van der Waals surface area contributed by atoms with Gasteiger partial charge in [0.05, 0.1) is 17.1 Å². The highest BCUT2D eigenvalue weighted by Gasteiger charge is 2.62. The Labute approximate surface area is 354 Å². The first-order valence-corrected chi connectivity index (χ1v) is 21.9. The van der Waals surface area contributed by atoms with Crippen molar-refractivity contribution in [1.29, 1.82) is 0 Å². The van der Waals surface area contributed by atoms with Gasteiger partial charge < -0.3 is 9.80 Å². The zero-order valence-corrected chi connectivity index (χ0v) is 33.5. The van der Waals surface area contributed by atoms with E-state index in [1.54, 1.807) is 11.1 Å². The summed E-state index contributed by atoms with van der Waals surface area (Å²) in [6, 6.07) is 66.6. The fourth-order valence-electron chi connectivity index (χ4n) is 13.2. The normalized spacial score (nSPS) is 22.0. The van der Waals surface area contributed by atoms with Gasteiger partial charge in [-0.15, -0.1) is 0 Å². The third-order valence-electron chi connectivity index (χ3n) is 15.2. The Balaban J connectivity index is 0.00000388. The molecule has 0 amide bonds. The lowest BCUT2D eigenvalue weighted by Gasteiger charge is -2.61. The van der Waals surface area contributed by atoms with Crippen molar-refractivity contribution in [3.63, 3.8) is 0 Å². The van der Waals surface area contributed by atoms with Crippen LogP contribution in [0.15, 0.2) is 176 Å². The Morgan fingerprint density at radius 2 is 0.917 bits per heavy atom. The molecular formula is C58H50N2. The van der Waals surface area contributed by atoms with E-state index in [2.05, 4.69) is 193 Å². The van der Waals surface area contributed by atoms with Gasteiger partial charge in [-0.05, 0) is 161 Å². The summed E-state index contributed by atoms with van der Waals surface area (Å²) in [6.45, 7) is 2.20. The van der Waals surface area contributed by atoms with E-state index in [0.717, 1.165) is 23.2 Å². The molecule has 0 N–H and O–H groups in total. The van der Waals surface area contributed by atoms with Crippen LogP contribution >= 0.6 is 0 Å². The van der Waals surface area contributed by atoms with Gasteiger partial charge in [0, 0.05) is 33.2 Å². The van der Waals surface area contributed by atoms with Crippen molar-refractivity contribution < 1.29 is 0 Å². The monoisotopic (exact) mass is 774 g/mol. The molecule has 9 aromatic carbocycles. The fraction of sp³-hybridized carbons (Fsp3) is 0.207. The van der Waals surface area contributed by atoms with Crippen molar-refractivity contribution in [3.8, 4) is 11.1 Å². The molecule has 0 aliphatic heterocycles. The van der Waals surface area contributed by atoms with Gasteiger partial charge in [-0.1, -0.05) is 134 Å². The predicted octanol–water partition coefficient (Wildman–Crippen LogP) is 16.2. The molecule has 0 heterocycles. The van der Waals surface area contributed by atoms with Crippen LogP contribution in [0.4, 0.5) is 34.1 Å². The molecule has 4 saturated carbocycles. The van der Waals surface area contributed by atoms with E-state index >= 15 is 0 Å². The van der Waals surface area contributed by atoms with Gasteiger partial charge in [0.25, 0.3) is 0 Å². The first-order chi connectivity index (χ1) is 29.1. The summed E-state index contributed by atoms with van der Waals surface area (Å²) in [5.74, 6) is 3.14. The number of aryl methyl sites for hydroxylation is 1. The molecule has 0 aromatic heterocycles. The second-order valence-corrected chi connectivity index (χ2v) is 18.2. The number of anilines is 6. The van der Waals surface area contributed by atoms with Crippen LogP contribution in [0.1, 0.15) is 56.2 Å². The van der Waals surface area contributed by atoms with Crippen LogP contribution in [-0.4, -0.2) is 0 Å². The van der Waals surface area contributed by atoms with Crippen LogP contribution in [0.3, 0.4) is 0 Å². The summed E-state index contributed by atoms with van der Waals surface area (Å²) < 4.78 is 0. The number of hydrogen-bond donors (Lipinski definition) is 0. The van der Waals surface area contributed by atoms with Crippen LogP contribution in [-0.2, 0) is 5.41 Å². The molecule has 5 aliphatic carbocycles. The van der Waals surface area contributed by atoms with Gasteiger partial charge in [-0.2, -0.15) is 0 Å². The highest BCUT2D eigenvalue weighted by Crippen LogP contribution is 2.71. The third-order valence-corrected chi connectivity index (χ3v) is 15.2. The Morgan fingerprint density at radius 1 is 0.417 bits per heavy atom.